The fraction of sp³-hybridized carbons (Fsp3) is 0.600. The van der Waals surface area contributed by atoms with Crippen molar-refractivity contribution in [2.75, 3.05) is 27.4 Å². The highest BCUT2D eigenvalue weighted by molar-refractivity contribution is 5.51. The lowest BCUT2D eigenvalue weighted by molar-refractivity contribution is 0.0968. The van der Waals surface area contributed by atoms with E-state index in [1.165, 1.54) is 0 Å². The molecule has 1 aromatic carbocycles. The predicted octanol–water partition coefficient (Wildman–Crippen LogP) is 1.83. The molecule has 0 heterocycles. The zero-order chi connectivity index (χ0) is 15.2. The summed E-state index contributed by atoms with van der Waals surface area (Å²) in [6.07, 6.45) is -0.608. The van der Waals surface area contributed by atoms with Crippen LogP contribution < -0.4 is 19.5 Å². The Morgan fingerprint density at radius 1 is 1.15 bits per heavy atom. The van der Waals surface area contributed by atoms with Gasteiger partial charge in [-0.1, -0.05) is 6.07 Å². The van der Waals surface area contributed by atoms with Gasteiger partial charge < -0.3 is 24.6 Å². The van der Waals surface area contributed by atoms with Gasteiger partial charge in [-0.3, -0.25) is 0 Å². The zero-order valence-electron chi connectivity index (χ0n) is 12.9. The number of ether oxygens (including phenoxy) is 3. The van der Waals surface area contributed by atoms with E-state index >= 15 is 0 Å². The second-order valence-electron chi connectivity index (χ2n) is 5.59. The van der Waals surface area contributed by atoms with Gasteiger partial charge in [0.1, 0.15) is 12.7 Å². The average molecular weight is 283 g/mol. The summed E-state index contributed by atoms with van der Waals surface area (Å²) >= 11 is 0. The summed E-state index contributed by atoms with van der Waals surface area (Å²) in [6.45, 7) is 6.76. The first kappa shape index (κ1) is 16.6. The lowest BCUT2D eigenvalue weighted by atomic mass is 10.1. The van der Waals surface area contributed by atoms with Crippen LogP contribution in [0.1, 0.15) is 20.8 Å². The van der Waals surface area contributed by atoms with Gasteiger partial charge in [-0.05, 0) is 32.9 Å². The van der Waals surface area contributed by atoms with Crippen LogP contribution >= 0.6 is 0 Å². The third kappa shape index (κ3) is 5.27. The minimum Gasteiger partial charge on any atom is -0.493 e. The molecule has 1 aromatic rings. The van der Waals surface area contributed by atoms with Crippen molar-refractivity contribution in [3.8, 4) is 17.2 Å². The number of rotatable bonds is 7. The Hall–Kier alpha value is -1.46. The van der Waals surface area contributed by atoms with E-state index in [0.29, 0.717) is 23.8 Å². The second kappa shape index (κ2) is 7.36. The van der Waals surface area contributed by atoms with E-state index < -0.39 is 6.10 Å². The summed E-state index contributed by atoms with van der Waals surface area (Å²) in [5, 5.41) is 13.2. The van der Waals surface area contributed by atoms with E-state index in [1.807, 2.05) is 26.8 Å². The van der Waals surface area contributed by atoms with Crippen LogP contribution in [-0.2, 0) is 0 Å². The summed E-state index contributed by atoms with van der Waals surface area (Å²) in [5.41, 5.74) is -0.0386. The summed E-state index contributed by atoms with van der Waals surface area (Å²) in [7, 11) is 3.14. The van der Waals surface area contributed by atoms with Crippen LogP contribution in [0.2, 0.25) is 0 Å². The zero-order valence-corrected chi connectivity index (χ0v) is 12.9. The molecule has 0 aliphatic heterocycles. The Labute approximate surface area is 120 Å². The van der Waals surface area contributed by atoms with E-state index in [4.69, 9.17) is 14.2 Å². The lowest BCUT2D eigenvalue weighted by Crippen LogP contribution is -2.42. The standard InChI is InChI=1S/C15H25NO4/c1-15(2,3)16-9-11(17)10-20-14-12(18-4)7-6-8-13(14)19-5/h6-8,11,16-17H,9-10H2,1-5H3. The minimum absolute atomic E-state index is 0.0386. The molecule has 0 saturated carbocycles. The molecule has 5 heteroatoms. The minimum atomic E-state index is -0.608. The highest BCUT2D eigenvalue weighted by Crippen LogP contribution is 2.36. The predicted molar refractivity (Wildman–Crippen MR) is 78.8 cm³/mol. The molecule has 20 heavy (non-hydrogen) atoms. The van der Waals surface area contributed by atoms with Crippen molar-refractivity contribution in [2.45, 2.75) is 32.4 Å². The van der Waals surface area contributed by atoms with E-state index in [-0.39, 0.29) is 12.1 Å². The van der Waals surface area contributed by atoms with Crippen LogP contribution in [0.3, 0.4) is 0 Å². The Bertz CT molecular complexity index is 393. The first-order valence-electron chi connectivity index (χ1n) is 6.64. The third-order valence-electron chi connectivity index (χ3n) is 2.67. The molecule has 1 unspecified atom stereocenters. The number of methoxy groups -OCH3 is 2. The van der Waals surface area contributed by atoms with Crippen molar-refractivity contribution in [1.82, 2.24) is 5.32 Å². The number of hydrogen-bond donors (Lipinski definition) is 2. The largest absolute Gasteiger partial charge is 0.493 e. The highest BCUT2D eigenvalue weighted by Gasteiger charge is 2.15. The number of β-amino-alcohol motifs (C(OH)–C–C–N with tert-alkyl or cyclic N) is 1. The Kier molecular flexibility index (Phi) is 6.10. The number of benzene rings is 1. The van der Waals surface area contributed by atoms with Gasteiger partial charge in [-0.2, -0.15) is 0 Å². The second-order valence-corrected chi connectivity index (χ2v) is 5.59. The van der Waals surface area contributed by atoms with Gasteiger partial charge in [0.25, 0.3) is 0 Å². The number of nitrogens with one attached hydrogen (secondary N) is 1. The molecule has 2 N–H and O–H groups in total. The molecule has 0 radical (unpaired) electrons. The Morgan fingerprint density at radius 3 is 2.15 bits per heavy atom. The van der Waals surface area contributed by atoms with Gasteiger partial charge in [0, 0.05) is 12.1 Å². The normalized spacial score (nSPS) is 12.9. The van der Waals surface area contributed by atoms with Crippen molar-refractivity contribution < 1.29 is 19.3 Å². The van der Waals surface area contributed by atoms with Crippen LogP contribution in [-0.4, -0.2) is 44.1 Å². The van der Waals surface area contributed by atoms with Crippen LogP contribution in [0.5, 0.6) is 17.2 Å². The van der Waals surface area contributed by atoms with E-state index in [0.717, 1.165) is 0 Å². The SMILES string of the molecule is COc1cccc(OC)c1OCC(O)CNC(C)(C)C. The molecular formula is C15H25NO4. The van der Waals surface area contributed by atoms with Crippen LogP contribution in [0.25, 0.3) is 0 Å². The fourth-order valence-corrected chi connectivity index (χ4v) is 1.62. The van der Waals surface area contributed by atoms with Gasteiger partial charge in [-0.15, -0.1) is 0 Å². The molecule has 0 fully saturated rings. The van der Waals surface area contributed by atoms with Gasteiger partial charge in [0.05, 0.1) is 14.2 Å². The van der Waals surface area contributed by atoms with E-state index in [9.17, 15) is 5.11 Å². The fourth-order valence-electron chi connectivity index (χ4n) is 1.62. The molecule has 0 bridgehead atoms. The Balaban J connectivity index is 2.60. The number of para-hydroxylation sites is 1. The van der Waals surface area contributed by atoms with Crippen molar-refractivity contribution in [3.63, 3.8) is 0 Å². The molecular weight excluding hydrogens is 258 g/mol. The lowest BCUT2D eigenvalue weighted by Gasteiger charge is -2.23. The van der Waals surface area contributed by atoms with Crippen LogP contribution in [0, 0.1) is 0 Å². The van der Waals surface area contributed by atoms with E-state index in [2.05, 4.69) is 5.32 Å². The number of aliphatic hydroxyl groups excluding tert-OH is 1. The van der Waals surface area contributed by atoms with Crippen molar-refractivity contribution in [3.05, 3.63) is 18.2 Å². The van der Waals surface area contributed by atoms with Crippen molar-refractivity contribution in [2.24, 2.45) is 0 Å². The molecule has 1 rings (SSSR count). The quantitative estimate of drug-likeness (QED) is 0.799. The summed E-state index contributed by atoms with van der Waals surface area (Å²) < 4.78 is 16.1. The number of hydrogen-bond acceptors (Lipinski definition) is 5. The summed E-state index contributed by atoms with van der Waals surface area (Å²) in [5.74, 6) is 1.67. The van der Waals surface area contributed by atoms with Gasteiger partial charge >= 0.3 is 0 Å². The maximum Gasteiger partial charge on any atom is 0.203 e. The molecule has 0 aliphatic carbocycles. The van der Waals surface area contributed by atoms with Crippen LogP contribution in [0.4, 0.5) is 0 Å². The topological polar surface area (TPSA) is 60.0 Å². The van der Waals surface area contributed by atoms with Gasteiger partial charge in [0.2, 0.25) is 5.75 Å². The van der Waals surface area contributed by atoms with Gasteiger partial charge in [-0.25, -0.2) is 0 Å². The third-order valence-corrected chi connectivity index (χ3v) is 2.67. The molecule has 5 nitrogen and oxygen atoms in total. The molecule has 0 aliphatic rings. The molecule has 0 spiro atoms. The Morgan fingerprint density at radius 2 is 1.70 bits per heavy atom. The van der Waals surface area contributed by atoms with Crippen LogP contribution in [0.15, 0.2) is 18.2 Å². The maximum atomic E-state index is 9.93. The summed E-state index contributed by atoms with van der Waals surface area (Å²) in [6, 6.07) is 5.40. The average Bonchev–Trinajstić information content (AvgIpc) is 2.41. The molecule has 0 aromatic heterocycles. The molecule has 1 atom stereocenters. The molecule has 114 valence electrons. The van der Waals surface area contributed by atoms with E-state index in [1.54, 1.807) is 26.4 Å². The molecule has 0 amide bonds. The molecule has 0 saturated heterocycles. The first-order valence-corrected chi connectivity index (χ1v) is 6.64. The smallest absolute Gasteiger partial charge is 0.203 e. The summed E-state index contributed by atoms with van der Waals surface area (Å²) in [4.78, 5) is 0. The van der Waals surface area contributed by atoms with Crippen molar-refractivity contribution in [1.29, 1.82) is 0 Å². The van der Waals surface area contributed by atoms with Gasteiger partial charge in [0.15, 0.2) is 11.5 Å². The highest BCUT2D eigenvalue weighted by atomic mass is 16.5. The number of aliphatic hydroxyl groups is 1. The maximum absolute atomic E-state index is 9.93. The monoisotopic (exact) mass is 283 g/mol. The van der Waals surface area contributed by atoms with Crippen molar-refractivity contribution >= 4 is 0 Å². The first-order chi connectivity index (χ1) is 9.37.